The van der Waals surface area contributed by atoms with E-state index in [1.807, 2.05) is 40.0 Å². The number of carbonyl (C=O) groups excluding carboxylic acids is 1. The van der Waals surface area contributed by atoms with Crippen molar-refractivity contribution in [2.45, 2.75) is 39.8 Å². The minimum absolute atomic E-state index is 0.139. The summed E-state index contributed by atoms with van der Waals surface area (Å²) in [7, 11) is 1.88. The number of nitrogens with one attached hydrogen (secondary N) is 2. The molecule has 1 unspecified atom stereocenters. The number of aromatic nitrogens is 4. The lowest BCUT2D eigenvalue weighted by Gasteiger charge is -2.15. The fourth-order valence-corrected chi connectivity index (χ4v) is 3.70. The first-order valence-corrected chi connectivity index (χ1v) is 9.21. The number of H-pyrrole nitrogens is 1. The van der Waals surface area contributed by atoms with Gasteiger partial charge in [0.25, 0.3) is 5.56 Å². The Kier molecular flexibility index (Phi) is 5.27. The van der Waals surface area contributed by atoms with Gasteiger partial charge in [-0.1, -0.05) is 12.1 Å². The summed E-state index contributed by atoms with van der Waals surface area (Å²) in [6.45, 7) is 6.07. The standard InChI is InChI=1S/C19H23N5O2S/c1-11(17-12(2)22-23(4)13(17)3)20-16(25)9-10-24-18(26)14-7-5-6-8-15(14)21-19(24)27/h5-8,11H,9-10H2,1-4H3,(H,20,25)(H,21,27). The van der Waals surface area contributed by atoms with Crippen LogP contribution in [0, 0.1) is 18.6 Å². The van der Waals surface area contributed by atoms with E-state index in [1.54, 1.807) is 16.8 Å². The van der Waals surface area contributed by atoms with Gasteiger partial charge in [-0.25, -0.2) is 0 Å². The summed E-state index contributed by atoms with van der Waals surface area (Å²) < 4.78 is 3.56. The smallest absolute Gasteiger partial charge is 0.262 e. The predicted octanol–water partition coefficient (Wildman–Crippen LogP) is 2.68. The quantitative estimate of drug-likeness (QED) is 0.662. The molecule has 0 radical (unpaired) electrons. The van der Waals surface area contributed by atoms with Gasteiger partial charge in [0.2, 0.25) is 5.91 Å². The van der Waals surface area contributed by atoms with Crippen LogP contribution in [0.15, 0.2) is 29.1 Å². The second-order valence-corrected chi connectivity index (χ2v) is 7.07. The first-order valence-electron chi connectivity index (χ1n) is 8.81. The highest BCUT2D eigenvalue weighted by molar-refractivity contribution is 7.71. The number of rotatable bonds is 5. The Hall–Kier alpha value is -2.74. The largest absolute Gasteiger partial charge is 0.349 e. The van der Waals surface area contributed by atoms with Crippen molar-refractivity contribution in [2.24, 2.45) is 7.05 Å². The van der Waals surface area contributed by atoms with E-state index >= 15 is 0 Å². The van der Waals surface area contributed by atoms with Crippen LogP contribution in [0.25, 0.3) is 10.9 Å². The van der Waals surface area contributed by atoms with E-state index in [0.29, 0.717) is 15.7 Å². The molecule has 0 spiro atoms. The topological polar surface area (TPSA) is 84.7 Å². The molecule has 1 aromatic carbocycles. The molecule has 0 aliphatic heterocycles. The first kappa shape index (κ1) is 19.0. The van der Waals surface area contributed by atoms with Gasteiger partial charge < -0.3 is 10.3 Å². The summed E-state index contributed by atoms with van der Waals surface area (Å²) in [4.78, 5) is 28.1. The first-order chi connectivity index (χ1) is 12.8. The molecule has 3 aromatic rings. The van der Waals surface area contributed by atoms with E-state index in [2.05, 4.69) is 15.4 Å². The van der Waals surface area contributed by atoms with Crippen molar-refractivity contribution in [1.82, 2.24) is 24.6 Å². The Labute approximate surface area is 162 Å². The molecule has 8 heteroatoms. The Bertz CT molecular complexity index is 1130. The average molecular weight is 385 g/mol. The van der Waals surface area contributed by atoms with Crippen LogP contribution in [-0.4, -0.2) is 25.2 Å². The number of hydrogen-bond acceptors (Lipinski definition) is 4. The van der Waals surface area contributed by atoms with E-state index in [9.17, 15) is 9.59 Å². The summed E-state index contributed by atoms with van der Waals surface area (Å²) in [6, 6.07) is 7.04. The van der Waals surface area contributed by atoms with Gasteiger partial charge in [0.05, 0.1) is 22.6 Å². The van der Waals surface area contributed by atoms with Crippen molar-refractivity contribution < 1.29 is 4.79 Å². The summed E-state index contributed by atoms with van der Waals surface area (Å²) in [6.07, 6.45) is 0.165. The molecule has 2 N–H and O–H groups in total. The molecule has 2 aromatic heterocycles. The molecule has 0 aliphatic carbocycles. The lowest BCUT2D eigenvalue weighted by molar-refractivity contribution is -0.122. The van der Waals surface area contributed by atoms with E-state index in [1.165, 1.54) is 4.57 Å². The fourth-order valence-electron chi connectivity index (χ4n) is 3.42. The van der Waals surface area contributed by atoms with Gasteiger partial charge in [0.15, 0.2) is 4.77 Å². The summed E-state index contributed by atoms with van der Waals surface area (Å²) in [5.74, 6) is -0.139. The molecule has 0 aliphatic rings. The van der Waals surface area contributed by atoms with Crippen LogP contribution in [0.2, 0.25) is 0 Å². The molecule has 0 fully saturated rings. The minimum atomic E-state index is -0.186. The van der Waals surface area contributed by atoms with Crippen molar-refractivity contribution in [3.63, 3.8) is 0 Å². The van der Waals surface area contributed by atoms with Gasteiger partial charge in [0, 0.05) is 31.3 Å². The highest BCUT2D eigenvalue weighted by Gasteiger charge is 2.18. The van der Waals surface area contributed by atoms with Gasteiger partial charge in [0.1, 0.15) is 0 Å². The van der Waals surface area contributed by atoms with Gasteiger partial charge in [-0.05, 0) is 45.1 Å². The molecule has 0 bridgehead atoms. The van der Waals surface area contributed by atoms with Crippen LogP contribution in [0.1, 0.15) is 36.3 Å². The predicted molar refractivity (Wildman–Crippen MR) is 107 cm³/mol. The summed E-state index contributed by atoms with van der Waals surface area (Å²) in [5, 5.41) is 7.93. The fraction of sp³-hybridized carbons (Fsp3) is 0.368. The minimum Gasteiger partial charge on any atom is -0.349 e. The Morgan fingerprint density at radius 2 is 2.04 bits per heavy atom. The van der Waals surface area contributed by atoms with Crippen molar-refractivity contribution in [3.05, 3.63) is 56.3 Å². The number of hydrogen-bond donors (Lipinski definition) is 2. The summed E-state index contributed by atoms with van der Waals surface area (Å²) >= 11 is 5.28. The van der Waals surface area contributed by atoms with Crippen molar-refractivity contribution in [3.8, 4) is 0 Å². The van der Waals surface area contributed by atoms with Crippen LogP contribution in [0.3, 0.4) is 0 Å². The second kappa shape index (κ2) is 7.48. The Balaban J connectivity index is 1.74. The van der Waals surface area contributed by atoms with Crippen molar-refractivity contribution >= 4 is 29.0 Å². The van der Waals surface area contributed by atoms with Crippen molar-refractivity contribution in [1.29, 1.82) is 0 Å². The van der Waals surface area contributed by atoms with Crippen molar-refractivity contribution in [2.75, 3.05) is 0 Å². The third-order valence-corrected chi connectivity index (χ3v) is 5.15. The SMILES string of the molecule is Cc1nn(C)c(C)c1C(C)NC(=O)CCn1c(=S)[nH]c2ccccc2c1=O. The molecule has 1 atom stereocenters. The zero-order valence-corrected chi connectivity index (χ0v) is 16.7. The Morgan fingerprint density at radius 3 is 2.70 bits per heavy atom. The third-order valence-electron chi connectivity index (χ3n) is 4.83. The molecule has 7 nitrogen and oxygen atoms in total. The highest BCUT2D eigenvalue weighted by atomic mass is 32.1. The Morgan fingerprint density at radius 1 is 1.33 bits per heavy atom. The summed E-state index contributed by atoms with van der Waals surface area (Å²) in [5.41, 5.74) is 3.45. The number of para-hydroxylation sites is 1. The number of aryl methyl sites for hydroxylation is 2. The number of nitrogens with zero attached hydrogens (tertiary/aromatic N) is 3. The van der Waals surface area contributed by atoms with Gasteiger partial charge in [-0.15, -0.1) is 0 Å². The number of benzene rings is 1. The molecule has 142 valence electrons. The monoisotopic (exact) mass is 385 g/mol. The van der Waals surface area contributed by atoms with Crippen LogP contribution in [-0.2, 0) is 18.4 Å². The normalized spacial score (nSPS) is 12.3. The third kappa shape index (κ3) is 3.71. The molecule has 27 heavy (non-hydrogen) atoms. The van der Waals surface area contributed by atoms with Gasteiger partial charge in [-0.2, -0.15) is 5.10 Å². The molecule has 2 heterocycles. The van der Waals surface area contributed by atoms with E-state index < -0.39 is 0 Å². The molecule has 1 amide bonds. The van der Waals surface area contributed by atoms with Crippen LogP contribution < -0.4 is 10.9 Å². The van der Waals surface area contributed by atoms with Gasteiger partial charge in [-0.3, -0.25) is 18.8 Å². The van der Waals surface area contributed by atoms with Crippen LogP contribution in [0.4, 0.5) is 0 Å². The maximum absolute atomic E-state index is 12.6. The van der Waals surface area contributed by atoms with Gasteiger partial charge >= 0.3 is 0 Å². The van der Waals surface area contributed by atoms with Crippen LogP contribution in [0.5, 0.6) is 0 Å². The molecule has 3 rings (SSSR count). The van der Waals surface area contributed by atoms with E-state index in [0.717, 1.165) is 17.0 Å². The van der Waals surface area contributed by atoms with E-state index in [-0.39, 0.29) is 30.5 Å². The number of aromatic amines is 1. The molecular formula is C19H23N5O2S. The maximum Gasteiger partial charge on any atom is 0.262 e. The zero-order valence-electron chi connectivity index (χ0n) is 15.9. The number of fused-ring (bicyclic) bond motifs is 1. The average Bonchev–Trinajstić information content (AvgIpc) is 2.86. The lowest BCUT2D eigenvalue weighted by Crippen LogP contribution is -2.30. The lowest BCUT2D eigenvalue weighted by atomic mass is 10.1. The highest BCUT2D eigenvalue weighted by Crippen LogP contribution is 2.20. The molecular weight excluding hydrogens is 362 g/mol. The number of amides is 1. The number of carbonyl (C=O) groups is 1. The van der Waals surface area contributed by atoms with Crippen LogP contribution >= 0.6 is 12.2 Å². The molecule has 0 saturated heterocycles. The second-order valence-electron chi connectivity index (χ2n) is 6.68. The molecule has 0 saturated carbocycles. The van der Waals surface area contributed by atoms with E-state index in [4.69, 9.17) is 12.2 Å². The zero-order chi connectivity index (χ0) is 19.7. The maximum atomic E-state index is 12.6.